The zero-order chi connectivity index (χ0) is 13.8. The number of nitrogens with two attached hydrogens (primary N) is 1. The highest BCUT2D eigenvalue weighted by molar-refractivity contribution is 5.42. The molecule has 2 rings (SSSR count). The molecule has 5 nitrogen and oxygen atoms in total. The average Bonchev–Trinajstić information content (AvgIpc) is 2.78. The molecule has 1 saturated heterocycles. The standard InChI is InChI=1S/C14H23N3O2/c1-10-5-7-17(12(10)8-15)9-11-14(19-3)13(18-2)4-6-16-11/h4,6,10,12H,5,7-9,15H2,1-3H3. The predicted molar refractivity (Wildman–Crippen MR) is 74.4 cm³/mol. The quantitative estimate of drug-likeness (QED) is 0.868. The van der Waals surface area contributed by atoms with Gasteiger partial charge in [0.25, 0.3) is 0 Å². The lowest BCUT2D eigenvalue weighted by Crippen LogP contribution is -2.38. The molecule has 5 heteroatoms. The molecule has 1 aromatic heterocycles. The van der Waals surface area contributed by atoms with E-state index in [0.29, 0.717) is 18.5 Å². The number of rotatable bonds is 5. The van der Waals surface area contributed by atoms with Crippen LogP contribution >= 0.6 is 0 Å². The molecule has 2 atom stereocenters. The summed E-state index contributed by atoms with van der Waals surface area (Å²) in [6.07, 6.45) is 2.95. The van der Waals surface area contributed by atoms with Crippen molar-refractivity contribution in [2.24, 2.45) is 11.7 Å². The second-order valence-electron chi connectivity index (χ2n) is 5.03. The van der Waals surface area contributed by atoms with Gasteiger partial charge in [-0.05, 0) is 18.9 Å². The van der Waals surface area contributed by atoms with Crippen molar-refractivity contribution in [1.29, 1.82) is 0 Å². The van der Waals surface area contributed by atoms with Gasteiger partial charge in [-0.2, -0.15) is 0 Å². The van der Waals surface area contributed by atoms with Crippen LogP contribution in [0.25, 0.3) is 0 Å². The third kappa shape index (κ3) is 2.82. The van der Waals surface area contributed by atoms with Gasteiger partial charge in [0.2, 0.25) is 0 Å². The fourth-order valence-corrected chi connectivity index (χ4v) is 2.82. The molecular formula is C14H23N3O2. The molecule has 1 aliphatic rings. The van der Waals surface area contributed by atoms with Crippen LogP contribution in [0.4, 0.5) is 0 Å². The van der Waals surface area contributed by atoms with Crippen molar-refractivity contribution in [1.82, 2.24) is 9.88 Å². The lowest BCUT2D eigenvalue weighted by Gasteiger charge is -2.25. The zero-order valence-corrected chi connectivity index (χ0v) is 11.9. The highest BCUT2D eigenvalue weighted by Gasteiger charge is 2.30. The Morgan fingerprint density at radius 3 is 2.84 bits per heavy atom. The smallest absolute Gasteiger partial charge is 0.183 e. The Morgan fingerprint density at radius 1 is 1.42 bits per heavy atom. The van der Waals surface area contributed by atoms with Crippen molar-refractivity contribution in [2.75, 3.05) is 27.3 Å². The first-order valence-electron chi connectivity index (χ1n) is 6.71. The summed E-state index contributed by atoms with van der Waals surface area (Å²) in [6, 6.07) is 2.24. The van der Waals surface area contributed by atoms with Crippen LogP contribution in [-0.2, 0) is 6.54 Å². The Kier molecular flexibility index (Phi) is 4.61. The minimum Gasteiger partial charge on any atom is -0.493 e. The minimum atomic E-state index is 0.428. The van der Waals surface area contributed by atoms with Gasteiger partial charge in [0.15, 0.2) is 11.5 Å². The molecule has 2 unspecified atom stereocenters. The van der Waals surface area contributed by atoms with Gasteiger partial charge >= 0.3 is 0 Å². The molecule has 1 aliphatic heterocycles. The number of ether oxygens (including phenoxy) is 2. The Morgan fingerprint density at radius 2 is 2.21 bits per heavy atom. The molecular weight excluding hydrogens is 242 g/mol. The highest BCUT2D eigenvalue weighted by atomic mass is 16.5. The van der Waals surface area contributed by atoms with E-state index < -0.39 is 0 Å². The summed E-state index contributed by atoms with van der Waals surface area (Å²) >= 11 is 0. The topological polar surface area (TPSA) is 60.6 Å². The molecule has 106 valence electrons. The summed E-state index contributed by atoms with van der Waals surface area (Å²) in [7, 11) is 3.29. The number of aromatic nitrogens is 1. The van der Waals surface area contributed by atoms with Crippen molar-refractivity contribution in [2.45, 2.75) is 25.9 Å². The molecule has 1 aromatic rings. The molecule has 1 fully saturated rings. The number of nitrogens with zero attached hydrogens (tertiary/aromatic N) is 2. The van der Waals surface area contributed by atoms with Gasteiger partial charge < -0.3 is 15.2 Å². The van der Waals surface area contributed by atoms with Crippen LogP contribution in [0.2, 0.25) is 0 Å². The predicted octanol–water partition coefficient (Wildman–Crippen LogP) is 1.27. The maximum absolute atomic E-state index is 5.88. The minimum absolute atomic E-state index is 0.428. The van der Waals surface area contributed by atoms with E-state index in [-0.39, 0.29) is 0 Å². The molecule has 19 heavy (non-hydrogen) atoms. The average molecular weight is 265 g/mol. The van der Waals surface area contributed by atoms with Gasteiger partial charge in [-0.15, -0.1) is 0 Å². The first-order chi connectivity index (χ1) is 9.21. The van der Waals surface area contributed by atoms with Crippen LogP contribution < -0.4 is 15.2 Å². The van der Waals surface area contributed by atoms with Crippen LogP contribution in [-0.4, -0.2) is 43.2 Å². The molecule has 0 aromatic carbocycles. The summed E-state index contributed by atoms with van der Waals surface area (Å²) in [6.45, 7) is 4.76. The van der Waals surface area contributed by atoms with Gasteiger partial charge in [0.05, 0.1) is 14.2 Å². The van der Waals surface area contributed by atoms with Gasteiger partial charge in [0.1, 0.15) is 5.69 Å². The monoisotopic (exact) mass is 265 g/mol. The van der Waals surface area contributed by atoms with E-state index in [1.165, 1.54) is 6.42 Å². The van der Waals surface area contributed by atoms with Crippen LogP contribution in [0.15, 0.2) is 12.3 Å². The first-order valence-corrected chi connectivity index (χ1v) is 6.71. The van der Waals surface area contributed by atoms with Crippen LogP contribution in [0.5, 0.6) is 11.5 Å². The lowest BCUT2D eigenvalue weighted by molar-refractivity contribution is 0.221. The molecule has 0 saturated carbocycles. The van der Waals surface area contributed by atoms with Crippen molar-refractivity contribution >= 4 is 0 Å². The zero-order valence-electron chi connectivity index (χ0n) is 11.9. The van der Waals surface area contributed by atoms with Crippen LogP contribution in [0.1, 0.15) is 19.0 Å². The highest BCUT2D eigenvalue weighted by Crippen LogP contribution is 2.32. The van der Waals surface area contributed by atoms with Gasteiger partial charge in [-0.3, -0.25) is 9.88 Å². The summed E-state index contributed by atoms with van der Waals surface area (Å²) in [5, 5.41) is 0. The molecule has 2 heterocycles. The van der Waals surface area contributed by atoms with E-state index in [2.05, 4.69) is 16.8 Å². The first kappa shape index (κ1) is 14.1. The number of pyridine rings is 1. The number of likely N-dealkylation sites (tertiary alicyclic amines) is 1. The number of methoxy groups -OCH3 is 2. The second-order valence-corrected chi connectivity index (χ2v) is 5.03. The fourth-order valence-electron chi connectivity index (χ4n) is 2.82. The van der Waals surface area contributed by atoms with Crippen molar-refractivity contribution in [3.63, 3.8) is 0 Å². The molecule has 0 radical (unpaired) electrons. The molecule has 0 bridgehead atoms. The third-order valence-corrected chi connectivity index (χ3v) is 3.96. The van der Waals surface area contributed by atoms with Crippen molar-refractivity contribution in [3.8, 4) is 11.5 Å². The van der Waals surface area contributed by atoms with E-state index >= 15 is 0 Å². The number of hydrogen-bond donors (Lipinski definition) is 1. The molecule has 0 amide bonds. The lowest BCUT2D eigenvalue weighted by atomic mass is 10.0. The third-order valence-electron chi connectivity index (χ3n) is 3.96. The maximum atomic E-state index is 5.88. The normalized spacial score (nSPS) is 23.6. The SMILES string of the molecule is COc1ccnc(CN2CCC(C)C2CN)c1OC. The maximum Gasteiger partial charge on any atom is 0.183 e. The van der Waals surface area contributed by atoms with E-state index in [0.717, 1.165) is 30.3 Å². The Bertz CT molecular complexity index is 425. The van der Waals surface area contributed by atoms with Crippen molar-refractivity contribution in [3.05, 3.63) is 18.0 Å². The largest absolute Gasteiger partial charge is 0.493 e. The summed E-state index contributed by atoms with van der Waals surface area (Å²) in [5.41, 5.74) is 6.79. The van der Waals surface area contributed by atoms with E-state index in [4.69, 9.17) is 15.2 Å². The molecule has 2 N–H and O–H groups in total. The molecule has 0 aliphatic carbocycles. The van der Waals surface area contributed by atoms with E-state index in [1.54, 1.807) is 20.4 Å². The van der Waals surface area contributed by atoms with Gasteiger partial charge in [-0.25, -0.2) is 0 Å². The van der Waals surface area contributed by atoms with Gasteiger partial charge in [-0.1, -0.05) is 6.92 Å². The van der Waals surface area contributed by atoms with Crippen LogP contribution in [0, 0.1) is 5.92 Å². The van der Waals surface area contributed by atoms with Crippen LogP contribution in [0.3, 0.4) is 0 Å². The number of hydrogen-bond acceptors (Lipinski definition) is 5. The Labute approximate surface area is 114 Å². The summed E-state index contributed by atoms with van der Waals surface area (Å²) in [4.78, 5) is 6.81. The van der Waals surface area contributed by atoms with Gasteiger partial charge in [0, 0.05) is 31.4 Å². The summed E-state index contributed by atoms with van der Waals surface area (Å²) < 4.78 is 10.7. The van der Waals surface area contributed by atoms with E-state index in [9.17, 15) is 0 Å². The second kappa shape index (κ2) is 6.21. The summed E-state index contributed by atoms with van der Waals surface area (Å²) in [5.74, 6) is 2.09. The fraction of sp³-hybridized carbons (Fsp3) is 0.643. The van der Waals surface area contributed by atoms with E-state index in [1.807, 2.05) is 6.07 Å². The molecule has 0 spiro atoms. The Balaban J connectivity index is 2.19. The Hall–Kier alpha value is -1.33. The van der Waals surface area contributed by atoms with Crippen molar-refractivity contribution < 1.29 is 9.47 Å².